The van der Waals surface area contributed by atoms with Crippen LogP contribution in [-0.4, -0.2) is 32.6 Å². The van der Waals surface area contributed by atoms with Crippen LogP contribution in [0.5, 0.6) is 0 Å². The molecule has 0 spiro atoms. The molecule has 2 unspecified atom stereocenters. The van der Waals surface area contributed by atoms with Crippen molar-refractivity contribution in [1.82, 2.24) is 15.1 Å². The maximum absolute atomic E-state index is 12.3. The number of nitro benzene ring substituents is 1. The smallest absolute Gasteiger partial charge is 0.270 e. The molecule has 0 aliphatic rings. The predicted octanol–water partition coefficient (Wildman–Crippen LogP) is 2.52. The van der Waals surface area contributed by atoms with Crippen LogP contribution in [0.3, 0.4) is 0 Å². The van der Waals surface area contributed by atoms with E-state index < -0.39 is 22.8 Å². The standard InChI is InChI=1S/C17H21N5O4/c1-4-11(2)21-15(8-9-18-21)20-16(23)12(3)19-17(24)13-6-5-7-14(10-13)22(25)26/h5-12H,4H2,1-3H3,(H,19,24)(H,20,23). The summed E-state index contributed by atoms with van der Waals surface area (Å²) in [6.45, 7) is 5.53. The summed E-state index contributed by atoms with van der Waals surface area (Å²) < 4.78 is 1.70. The Bertz CT molecular complexity index is 817. The van der Waals surface area contributed by atoms with E-state index in [-0.39, 0.29) is 17.3 Å². The van der Waals surface area contributed by atoms with Crippen molar-refractivity contribution < 1.29 is 14.5 Å². The number of nitrogens with one attached hydrogen (secondary N) is 2. The average molecular weight is 359 g/mol. The zero-order valence-electron chi connectivity index (χ0n) is 14.8. The quantitative estimate of drug-likeness (QED) is 0.581. The van der Waals surface area contributed by atoms with Gasteiger partial charge in [0.15, 0.2) is 0 Å². The Morgan fingerprint density at radius 3 is 2.69 bits per heavy atom. The van der Waals surface area contributed by atoms with Gasteiger partial charge in [-0.05, 0) is 26.3 Å². The lowest BCUT2D eigenvalue weighted by Gasteiger charge is -2.17. The fraction of sp³-hybridized carbons (Fsp3) is 0.353. The van der Waals surface area contributed by atoms with Crippen LogP contribution >= 0.6 is 0 Å². The molecule has 0 radical (unpaired) electrons. The van der Waals surface area contributed by atoms with E-state index in [9.17, 15) is 19.7 Å². The molecule has 0 saturated carbocycles. The summed E-state index contributed by atoms with van der Waals surface area (Å²) in [6, 6.07) is 6.30. The first-order valence-corrected chi connectivity index (χ1v) is 8.23. The van der Waals surface area contributed by atoms with Crippen LogP contribution in [0, 0.1) is 10.1 Å². The van der Waals surface area contributed by atoms with Gasteiger partial charge >= 0.3 is 0 Å². The van der Waals surface area contributed by atoms with Crippen molar-refractivity contribution in [1.29, 1.82) is 0 Å². The Kier molecular flexibility index (Phi) is 6.05. The summed E-state index contributed by atoms with van der Waals surface area (Å²) in [5, 5.41) is 20.2. The third-order valence-corrected chi connectivity index (χ3v) is 3.99. The number of amides is 2. The topological polar surface area (TPSA) is 119 Å². The van der Waals surface area contributed by atoms with Crippen molar-refractivity contribution >= 4 is 23.3 Å². The Labute approximate surface area is 150 Å². The minimum atomic E-state index is -0.831. The molecular formula is C17H21N5O4. The largest absolute Gasteiger partial charge is 0.341 e. The molecule has 26 heavy (non-hydrogen) atoms. The monoisotopic (exact) mass is 359 g/mol. The van der Waals surface area contributed by atoms with Gasteiger partial charge in [-0.15, -0.1) is 0 Å². The van der Waals surface area contributed by atoms with Gasteiger partial charge in [-0.3, -0.25) is 19.7 Å². The zero-order chi connectivity index (χ0) is 19.3. The molecule has 0 aliphatic heterocycles. The number of carbonyl (C=O) groups excluding carboxylic acids is 2. The molecule has 1 aromatic carbocycles. The maximum atomic E-state index is 12.3. The third-order valence-electron chi connectivity index (χ3n) is 3.99. The number of hydrogen-bond donors (Lipinski definition) is 2. The van der Waals surface area contributed by atoms with Crippen LogP contribution < -0.4 is 10.6 Å². The van der Waals surface area contributed by atoms with Crippen LogP contribution in [0.2, 0.25) is 0 Å². The van der Waals surface area contributed by atoms with Crippen molar-refractivity contribution in [2.75, 3.05) is 5.32 Å². The van der Waals surface area contributed by atoms with Gasteiger partial charge in [0.1, 0.15) is 11.9 Å². The summed E-state index contributed by atoms with van der Waals surface area (Å²) in [5.41, 5.74) is -0.0734. The fourth-order valence-electron chi connectivity index (χ4n) is 2.28. The molecule has 1 aromatic heterocycles. The molecule has 2 aromatic rings. The second-order valence-electron chi connectivity index (χ2n) is 5.91. The molecule has 0 aliphatic carbocycles. The number of carbonyl (C=O) groups is 2. The van der Waals surface area contributed by atoms with Crippen molar-refractivity contribution in [3.63, 3.8) is 0 Å². The summed E-state index contributed by atoms with van der Waals surface area (Å²) in [5.74, 6) is -0.429. The number of nitro groups is 1. The maximum Gasteiger partial charge on any atom is 0.270 e. The molecule has 0 saturated heterocycles. The SMILES string of the molecule is CCC(C)n1nccc1NC(=O)C(C)NC(=O)c1cccc([N+](=O)[O-])c1. The van der Waals surface area contributed by atoms with E-state index in [1.165, 1.54) is 25.1 Å². The second-order valence-corrected chi connectivity index (χ2v) is 5.91. The summed E-state index contributed by atoms with van der Waals surface area (Å²) in [4.78, 5) is 34.8. The van der Waals surface area contributed by atoms with Crippen molar-refractivity contribution in [3.05, 3.63) is 52.2 Å². The van der Waals surface area contributed by atoms with Gasteiger partial charge in [-0.1, -0.05) is 13.0 Å². The molecule has 2 amide bonds. The van der Waals surface area contributed by atoms with Gasteiger partial charge < -0.3 is 10.6 Å². The van der Waals surface area contributed by atoms with Gasteiger partial charge in [-0.2, -0.15) is 5.10 Å². The Hall–Kier alpha value is -3.23. The fourth-order valence-corrected chi connectivity index (χ4v) is 2.28. The third kappa shape index (κ3) is 4.44. The number of rotatable bonds is 7. The first kappa shape index (κ1) is 19.1. The average Bonchev–Trinajstić information content (AvgIpc) is 3.09. The van der Waals surface area contributed by atoms with E-state index >= 15 is 0 Å². The van der Waals surface area contributed by atoms with Crippen molar-refractivity contribution in [2.45, 2.75) is 39.3 Å². The highest BCUT2D eigenvalue weighted by atomic mass is 16.6. The Morgan fingerprint density at radius 1 is 1.31 bits per heavy atom. The van der Waals surface area contributed by atoms with E-state index in [1.807, 2.05) is 13.8 Å². The first-order chi connectivity index (χ1) is 12.3. The molecule has 9 nitrogen and oxygen atoms in total. The van der Waals surface area contributed by atoms with Crippen LogP contribution in [0.1, 0.15) is 43.6 Å². The molecule has 2 rings (SSSR count). The zero-order valence-corrected chi connectivity index (χ0v) is 14.8. The highest BCUT2D eigenvalue weighted by molar-refractivity contribution is 6.00. The first-order valence-electron chi connectivity index (χ1n) is 8.23. The van der Waals surface area contributed by atoms with Crippen LogP contribution in [0.15, 0.2) is 36.5 Å². The normalized spacial score (nSPS) is 12.9. The van der Waals surface area contributed by atoms with Gasteiger partial charge in [0.05, 0.1) is 17.2 Å². The number of aromatic nitrogens is 2. The summed E-state index contributed by atoms with van der Waals surface area (Å²) >= 11 is 0. The van der Waals surface area contributed by atoms with Gasteiger partial charge in [0.2, 0.25) is 5.91 Å². The van der Waals surface area contributed by atoms with Gasteiger partial charge in [-0.25, -0.2) is 4.68 Å². The summed E-state index contributed by atoms with van der Waals surface area (Å²) in [7, 11) is 0. The number of nitrogens with zero attached hydrogens (tertiary/aromatic N) is 3. The lowest BCUT2D eigenvalue weighted by atomic mass is 10.1. The van der Waals surface area contributed by atoms with Gasteiger partial charge in [0.25, 0.3) is 11.6 Å². The van der Waals surface area contributed by atoms with E-state index in [0.29, 0.717) is 5.82 Å². The second kappa shape index (κ2) is 8.24. The van der Waals surface area contributed by atoms with E-state index in [0.717, 1.165) is 12.5 Å². The van der Waals surface area contributed by atoms with E-state index in [1.54, 1.807) is 16.9 Å². The number of benzene rings is 1. The minimum Gasteiger partial charge on any atom is -0.341 e. The lowest BCUT2D eigenvalue weighted by Crippen LogP contribution is -2.42. The predicted molar refractivity (Wildman–Crippen MR) is 95.9 cm³/mol. The Balaban J connectivity index is 2.03. The van der Waals surface area contributed by atoms with Crippen molar-refractivity contribution in [2.24, 2.45) is 0 Å². The number of anilines is 1. The molecule has 2 N–H and O–H groups in total. The molecule has 9 heteroatoms. The molecule has 0 bridgehead atoms. The van der Waals surface area contributed by atoms with Crippen LogP contribution in [-0.2, 0) is 4.79 Å². The molecule has 138 valence electrons. The summed E-state index contributed by atoms with van der Waals surface area (Å²) in [6.07, 6.45) is 2.44. The highest BCUT2D eigenvalue weighted by Gasteiger charge is 2.20. The van der Waals surface area contributed by atoms with E-state index in [4.69, 9.17) is 0 Å². The van der Waals surface area contributed by atoms with Crippen LogP contribution in [0.4, 0.5) is 11.5 Å². The highest BCUT2D eigenvalue weighted by Crippen LogP contribution is 2.17. The van der Waals surface area contributed by atoms with Crippen molar-refractivity contribution in [3.8, 4) is 0 Å². The van der Waals surface area contributed by atoms with E-state index in [2.05, 4.69) is 15.7 Å². The molecule has 1 heterocycles. The number of hydrogen-bond acceptors (Lipinski definition) is 5. The molecule has 0 fully saturated rings. The molecule has 2 atom stereocenters. The number of non-ortho nitro benzene ring substituents is 1. The van der Waals surface area contributed by atoms with Crippen LogP contribution in [0.25, 0.3) is 0 Å². The van der Waals surface area contributed by atoms with Gasteiger partial charge in [0, 0.05) is 23.8 Å². The Morgan fingerprint density at radius 2 is 2.04 bits per heavy atom. The minimum absolute atomic E-state index is 0.114. The molecular weight excluding hydrogens is 338 g/mol. The lowest BCUT2D eigenvalue weighted by molar-refractivity contribution is -0.384.